The van der Waals surface area contributed by atoms with E-state index in [1.165, 1.54) is 21.7 Å². The van der Waals surface area contributed by atoms with E-state index in [1.807, 2.05) is 6.92 Å². The molecule has 0 radical (unpaired) electrons. The van der Waals surface area contributed by atoms with Gasteiger partial charge in [-0.1, -0.05) is 13.0 Å². The van der Waals surface area contributed by atoms with E-state index in [-0.39, 0.29) is 30.4 Å². The number of amides is 1. The van der Waals surface area contributed by atoms with Gasteiger partial charge in [0, 0.05) is 31.4 Å². The summed E-state index contributed by atoms with van der Waals surface area (Å²) in [5.41, 5.74) is 0.694. The smallest absolute Gasteiger partial charge is 0.274 e. The Kier molecular flexibility index (Phi) is 5.42. The van der Waals surface area contributed by atoms with Crippen molar-refractivity contribution in [2.24, 2.45) is 0 Å². The topological polar surface area (TPSA) is 102 Å². The summed E-state index contributed by atoms with van der Waals surface area (Å²) in [5, 5.41) is 24.1. The number of hydrogen-bond donors (Lipinski definition) is 1. The molecule has 0 saturated heterocycles. The lowest BCUT2D eigenvalue weighted by Gasteiger charge is -2.19. The summed E-state index contributed by atoms with van der Waals surface area (Å²) < 4.78 is 1.42. The summed E-state index contributed by atoms with van der Waals surface area (Å²) in [7, 11) is 0. The van der Waals surface area contributed by atoms with Crippen molar-refractivity contribution in [1.29, 1.82) is 0 Å². The van der Waals surface area contributed by atoms with Gasteiger partial charge in [0.05, 0.1) is 17.2 Å². The molecule has 0 bridgehead atoms. The molecule has 0 fully saturated rings. The van der Waals surface area contributed by atoms with Crippen LogP contribution in [0.25, 0.3) is 5.69 Å². The molecular weight excluding hydrogens is 300 g/mol. The van der Waals surface area contributed by atoms with Gasteiger partial charge in [-0.25, -0.2) is 4.68 Å². The first-order valence-electron chi connectivity index (χ1n) is 7.27. The Morgan fingerprint density at radius 3 is 2.83 bits per heavy atom. The Hall–Kier alpha value is -2.74. The van der Waals surface area contributed by atoms with Crippen LogP contribution in [0, 0.1) is 10.1 Å². The van der Waals surface area contributed by atoms with E-state index in [9.17, 15) is 14.9 Å². The van der Waals surface area contributed by atoms with E-state index < -0.39 is 4.92 Å². The molecule has 23 heavy (non-hydrogen) atoms. The second-order valence-corrected chi connectivity index (χ2v) is 4.94. The number of nitrogens with zero attached hydrogens (tertiary/aromatic N) is 4. The summed E-state index contributed by atoms with van der Waals surface area (Å²) in [6.45, 7) is 2.61. The minimum atomic E-state index is -0.483. The van der Waals surface area contributed by atoms with Gasteiger partial charge in [0.2, 0.25) is 0 Å². The van der Waals surface area contributed by atoms with E-state index in [0.29, 0.717) is 12.2 Å². The number of benzene rings is 1. The molecule has 1 N–H and O–H groups in total. The molecule has 1 amide bonds. The van der Waals surface area contributed by atoms with Crippen LogP contribution in [0.15, 0.2) is 36.5 Å². The summed E-state index contributed by atoms with van der Waals surface area (Å²) in [5.74, 6) is -0.273. The number of aromatic nitrogens is 2. The highest BCUT2D eigenvalue weighted by Crippen LogP contribution is 2.16. The second kappa shape index (κ2) is 7.50. The van der Waals surface area contributed by atoms with E-state index in [1.54, 1.807) is 24.4 Å². The first-order chi connectivity index (χ1) is 11.1. The van der Waals surface area contributed by atoms with Crippen LogP contribution < -0.4 is 0 Å². The van der Waals surface area contributed by atoms with Crippen LogP contribution in [-0.2, 0) is 0 Å². The molecule has 1 aromatic carbocycles. The quantitative estimate of drug-likeness (QED) is 0.617. The highest BCUT2D eigenvalue weighted by atomic mass is 16.6. The Morgan fingerprint density at radius 2 is 2.17 bits per heavy atom. The minimum absolute atomic E-state index is 0.0428. The highest BCUT2D eigenvalue weighted by molar-refractivity contribution is 5.92. The standard InChI is InChI=1S/C15H18N4O4/c1-2-7-17(9-10-20)15(21)14-6-8-18(16-14)12-4-3-5-13(11-12)19(22)23/h3-6,8,11,20H,2,7,9-10H2,1H3. The number of nitro groups is 1. The largest absolute Gasteiger partial charge is 0.395 e. The number of nitro benzene ring substituents is 1. The second-order valence-electron chi connectivity index (χ2n) is 4.94. The summed E-state index contributed by atoms with van der Waals surface area (Å²) >= 11 is 0. The van der Waals surface area contributed by atoms with Gasteiger partial charge in [-0.3, -0.25) is 14.9 Å². The Bertz CT molecular complexity index is 692. The number of hydrogen-bond acceptors (Lipinski definition) is 5. The lowest BCUT2D eigenvalue weighted by Crippen LogP contribution is -2.34. The van der Waals surface area contributed by atoms with Crippen molar-refractivity contribution in [2.45, 2.75) is 13.3 Å². The average molecular weight is 318 g/mol. The Morgan fingerprint density at radius 1 is 1.39 bits per heavy atom. The van der Waals surface area contributed by atoms with E-state index >= 15 is 0 Å². The van der Waals surface area contributed by atoms with Crippen LogP contribution in [0.3, 0.4) is 0 Å². The van der Waals surface area contributed by atoms with Gasteiger partial charge in [-0.05, 0) is 18.6 Å². The van der Waals surface area contributed by atoms with Crippen molar-refractivity contribution in [3.05, 3.63) is 52.3 Å². The molecule has 0 spiro atoms. The maximum absolute atomic E-state index is 12.4. The summed E-state index contributed by atoms with van der Waals surface area (Å²) in [4.78, 5) is 24.2. The van der Waals surface area contributed by atoms with Crippen molar-refractivity contribution >= 4 is 11.6 Å². The number of carbonyl (C=O) groups is 1. The molecule has 8 heteroatoms. The van der Waals surface area contributed by atoms with Crippen LogP contribution in [0.2, 0.25) is 0 Å². The predicted octanol–water partition coefficient (Wildman–Crippen LogP) is 1.62. The molecule has 0 aliphatic heterocycles. The lowest BCUT2D eigenvalue weighted by atomic mass is 10.3. The third-order valence-electron chi connectivity index (χ3n) is 3.26. The molecule has 122 valence electrons. The van der Waals surface area contributed by atoms with E-state index in [0.717, 1.165) is 6.42 Å². The molecule has 2 aromatic rings. The maximum Gasteiger partial charge on any atom is 0.274 e. The van der Waals surface area contributed by atoms with Gasteiger partial charge < -0.3 is 10.0 Å². The first kappa shape index (κ1) is 16.6. The molecule has 0 atom stereocenters. The van der Waals surface area contributed by atoms with Crippen LogP contribution in [0.4, 0.5) is 5.69 Å². The molecule has 0 saturated carbocycles. The van der Waals surface area contributed by atoms with Crippen molar-refractivity contribution in [1.82, 2.24) is 14.7 Å². The fourth-order valence-corrected chi connectivity index (χ4v) is 2.20. The predicted molar refractivity (Wildman–Crippen MR) is 83.5 cm³/mol. The minimum Gasteiger partial charge on any atom is -0.395 e. The van der Waals surface area contributed by atoms with Gasteiger partial charge in [-0.2, -0.15) is 5.10 Å². The number of carbonyl (C=O) groups excluding carboxylic acids is 1. The monoisotopic (exact) mass is 318 g/mol. The lowest BCUT2D eigenvalue weighted by molar-refractivity contribution is -0.384. The zero-order valence-corrected chi connectivity index (χ0v) is 12.8. The van der Waals surface area contributed by atoms with Crippen LogP contribution in [0.5, 0.6) is 0 Å². The molecule has 8 nitrogen and oxygen atoms in total. The molecule has 0 aliphatic rings. The van der Waals surface area contributed by atoms with Crippen molar-refractivity contribution < 1.29 is 14.8 Å². The number of rotatable bonds is 7. The van der Waals surface area contributed by atoms with Crippen molar-refractivity contribution in [3.8, 4) is 5.69 Å². The summed E-state index contributed by atoms with van der Waals surface area (Å²) in [6, 6.07) is 7.57. The fourth-order valence-electron chi connectivity index (χ4n) is 2.20. The van der Waals surface area contributed by atoms with Gasteiger partial charge in [0.15, 0.2) is 5.69 Å². The van der Waals surface area contributed by atoms with Gasteiger partial charge in [0.1, 0.15) is 0 Å². The third-order valence-corrected chi connectivity index (χ3v) is 3.26. The van der Waals surface area contributed by atoms with Crippen LogP contribution >= 0.6 is 0 Å². The first-order valence-corrected chi connectivity index (χ1v) is 7.27. The van der Waals surface area contributed by atoms with Gasteiger partial charge >= 0.3 is 0 Å². The fraction of sp³-hybridized carbons (Fsp3) is 0.333. The summed E-state index contributed by atoms with van der Waals surface area (Å²) in [6.07, 6.45) is 2.35. The van der Waals surface area contributed by atoms with E-state index in [2.05, 4.69) is 5.10 Å². The molecule has 2 rings (SSSR count). The van der Waals surface area contributed by atoms with Crippen molar-refractivity contribution in [3.63, 3.8) is 0 Å². The molecule has 0 unspecified atom stereocenters. The number of non-ortho nitro benzene ring substituents is 1. The third kappa shape index (κ3) is 3.92. The maximum atomic E-state index is 12.4. The molecule has 1 aromatic heterocycles. The normalized spacial score (nSPS) is 10.5. The molecular formula is C15H18N4O4. The van der Waals surface area contributed by atoms with Crippen molar-refractivity contribution in [2.75, 3.05) is 19.7 Å². The van der Waals surface area contributed by atoms with Crippen LogP contribution in [-0.4, -0.2) is 50.3 Å². The highest BCUT2D eigenvalue weighted by Gasteiger charge is 2.18. The van der Waals surface area contributed by atoms with E-state index in [4.69, 9.17) is 5.11 Å². The zero-order valence-electron chi connectivity index (χ0n) is 12.8. The molecule has 0 aliphatic carbocycles. The Balaban J connectivity index is 2.24. The average Bonchev–Trinajstić information content (AvgIpc) is 3.04. The SMILES string of the molecule is CCCN(CCO)C(=O)c1ccn(-c2cccc([N+](=O)[O-])c2)n1. The van der Waals surface area contributed by atoms with Crippen LogP contribution in [0.1, 0.15) is 23.8 Å². The molecule has 1 heterocycles. The zero-order chi connectivity index (χ0) is 16.8. The van der Waals surface area contributed by atoms with Gasteiger partial charge in [0.25, 0.3) is 11.6 Å². The Labute approximate surface area is 133 Å². The number of aliphatic hydroxyl groups is 1. The van der Waals surface area contributed by atoms with Gasteiger partial charge in [-0.15, -0.1) is 0 Å². The number of aliphatic hydroxyl groups excluding tert-OH is 1.